The molecule has 0 aliphatic heterocycles. The summed E-state index contributed by atoms with van der Waals surface area (Å²) in [7, 11) is 0. The second kappa shape index (κ2) is 5.10. The summed E-state index contributed by atoms with van der Waals surface area (Å²) < 4.78 is 0.818. The summed E-state index contributed by atoms with van der Waals surface area (Å²) in [4.78, 5) is 11.0. The van der Waals surface area contributed by atoms with Crippen molar-refractivity contribution in [3.8, 4) is 0 Å². The first-order valence-corrected chi connectivity index (χ1v) is 6.45. The van der Waals surface area contributed by atoms with Crippen LogP contribution in [-0.4, -0.2) is 34.3 Å². The van der Waals surface area contributed by atoms with Crippen molar-refractivity contribution in [1.29, 1.82) is 0 Å². The van der Waals surface area contributed by atoms with Crippen molar-refractivity contribution in [2.24, 2.45) is 0 Å². The fourth-order valence-electron chi connectivity index (χ4n) is 1.73. The lowest BCUT2D eigenvalue weighted by atomic mass is 10.4. The van der Waals surface area contributed by atoms with Gasteiger partial charge in [-0.15, -0.1) is 0 Å². The third-order valence-corrected chi connectivity index (χ3v) is 3.07. The molecule has 1 aliphatic carbocycles. The average Bonchev–Trinajstić information content (AvgIpc) is 3.08. The highest BCUT2D eigenvalue weighted by atomic mass is 79.9. The molecule has 2 rings (SSSR count). The van der Waals surface area contributed by atoms with E-state index in [2.05, 4.69) is 30.8 Å². The van der Waals surface area contributed by atoms with Crippen molar-refractivity contribution >= 4 is 21.7 Å². The zero-order valence-electron chi connectivity index (χ0n) is 9.36. The van der Waals surface area contributed by atoms with E-state index in [1.807, 2.05) is 13.0 Å². The molecule has 1 saturated carbocycles. The zero-order valence-corrected chi connectivity index (χ0v) is 10.9. The fraction of sp³-hybridized carbons (Fsp3) is 0.636. The normalized spacial score (nSPS) is 15.2. The van der Waals surface area contributed by atoms with Crippen LogP contribution in [0.15, 0.2) is 10.7 Å². The monoisotopic (exact) mass is 285 g/mol. The van der Waals surface area contributed by atoms with Gasteiger partial charge in [0.05, 0.1) is 6.61 Å². The largest absolute Gasteiger partial charge is 0.395 e. The van der Waals surface area contributed by atoms with E-state index in [4.69, 9.17) is 5.11 Å². The zero-order chi connectivity index (χ0) is 11.5. The SMILES string of the molecule is CCc1nc(Br)cc(N(CCO)C2CC2)n1. The minimum atomic E-state index is 0.166. The highest BCUT2D eigenvalue weighted by Gasteiger charge is 2.29. The predicted molar refractivity (Wildman–Crippen MR) is 66.6 cm³/mol. The van der Waals surface area contributed by atoms with Crippen molar-refractivity contribution in [2.45, 2.75) is 32.2 Å². The van der Waals surface area contributed by atoms with E-state index >= 15 is 0 Å². The van der Waals surface area contributed by atoms with Gasteiger partial charge in [0, 0.05) is 25.1 Å². The van der Waals surface area contributed by atoms with Gasteiger partial charge >= 0.3 is 0 Å². The van der Waals surface area contributed by atoms with E-state index in [1.165, 1.54) is 12.8 Å². The molecule has 1 aliphatic rings. The van der Waals surface area contributed by atoms with Crippen LogP contribution in [0.1, 0.15) is 25.6 Å². The van der Waals surface area contributed by atoms with Gasteiger partial charge in [-0.05, 0) is 28.8 Å². The van der Waals surface area contributed by atoms with E-state index in [9.17, 15) is 0 Å². The van der Waals surface area contributed by atoms with E-state index in [0.717, 1.165) is 22.7 Å². The number of nitrogens with zero attached hydrogens (tertiary/aromatic N) is 3. The number of aliphatic hydroxyl groups excluding tert-OH is 1. The third kappa shape index (κ3) is 2.71. The molecular formula is C11H16BrN3O. The minimum absolute atomic E-state index is 0.166. The molecule has 5 heteroatoms. The lowest BCUT2D eigenvalue weighted by Crippen LogP contribution is -2.30. The van der Waals surface area contributed by atoms with Gasteiger partial charge in [-0.25, -0.2) is 9.97 Å². The molecule has 0 unspecified atom stereocenters. The summed E-state index contributed by atoms with van der Waals surface area (Å²) in [6.07, 6.45) is 3.22. The summed E-state index contributed by atoms with van der Waals surface area (Å²) in [6, 6.07) is 2.48. The molecule has 1 heterocycles. The highest BCUT2D eigenvalue weighted by Crippen LogP contribution is 2.31. The maximum absolute atomic E-state index is 9.07. The predicted octanol–water partition coefficient (Wildman–Crippen LogP) is 1.76. The summed E-state index contributed by atoms with van der Waals surface area (Å²) in [5, 5.41) is 9.07. The lowest BCUT2D eigenvalue weighted by molar-refractivity contribution is 0.301. The van der Waals surface area contributed by atoms with Crippen molar-refractivity contribution in [1.82, 2.24) is 9.97 Å². The van der Waals surface area contributed by atoms with Crippen LogP contribution in [0.5, 0.6) is 0 Å². The van der Waals surface area contributed by atoms with Crippen molar-refractivity contribution in [3.05, 3.63) is 16.5 Å². The summed E-state index contributed by atoms with van der Waals surface area (Å²) in [5.41, 5.74) is 0. The van der Waals surface area contributed by atoms with Crippen LogP contribution >= 0.6 is 15.9 Å². The quantitative estimate of drug-likeness (QED) is 0.838. The summed E-state index contributed by atoms with van der Waals surface area (Å²) >= 11 is 3.40. The number of hydrogen-bond acceptors (Lipinski definition) is 4. The van der Waals surface area contributed by atoms with Crippen molar-refractivity contribution in [2.75, 3.05) is 18.1 Å². The Morgan fingerprint density at radius 3 is 2.81 bits per heavy atom. The number of anilines is 1. The molecule has 16 heavy (non-hydrogen) atoms. The van der Waals surface area contributed by atoms with Crippen molar-refractivity contribution in [3.63, 3.8) is 0 Å². The number of rotatable bonds is 5. The number of aryl methyl sites for hydroxylation is 1. The van der Waals surface area contributed by atoms with Gasteiger partial charge in [-0.3, -0.25) is 0 Å². The Hall–Kier alpha value is -0.680. The molecule has 4 nitrogen and oxygen atoms in total. The third-order valence-electron chi connectivity index (χ3n) is 2.67. The molecule has 0 aromatic carbocycles. The second-order valence-corrected chi connectivity index (χ2v) is 4.78. The van der Waals surface area contributed by atoms with E-state index in [0.29, 0.717) is 12.6 Å². The summed E-state index contributed by atoms with van der Waals surface area (Å²) in [5.74, 6) is 1.77. The van der Waals surface area contributed by atoms with Crippen LogP contribution in [0, 0.1) is 0 Å². The maximum atomic E-state index is 9.07. The molecule has 1 N–H and O–H groups in total. The first kappa shape index (κ1) is 11.8. The van der Waals surface area contributed by atoms with Gasteiger partial charge in [-0.2, -0.15) is 0 Å². The Morgan fingerprint density at radius 2 is 2.25 bits per heavy atom. The highest BCUT2D eigenvalue weighted by molar-refractivity contribution is 9.10. The first-order chi connectivity index (χ1) is 7.74. The van der Waals surface area contributed by atoms with E-state index in [-0.39, 0.29) is 6.61 Å². The van der Waals surface area contributed by atoms with E-state index < -0.39 is 0 Å². The Kier molecular flexibility index (Phi) is 3.76. The van der Waals surface area contributed by atoms with Gasteiger partial charge in [0.2, 0.25) is 0 Å². The van der Waals surface area contributed by atoms with E-state index in [1.54, 1.807) is 0 Å². The maximum Gasteiger partial charge on any atom is 0.133 e. The van der Waals surface area contributed by atoms with Crippen LogP contribution in [0.3, 0.4) is 0 Å². The standard InChI is InChI=1S/C11H16BrN3O/c1-2-10-13-9(12)7-11(14-10)15(5-6-16)8-3-4-8/h7-8,16H,2-6H2,1H3. The van der Waals surface area contributed by atoms with Crippen LogP contribution < -0.4 is 4.90 Å². The number of aromatic nitrogens is 2. The molecule has 0 atom stereocenters. The van der Waals surface area contributed by atoms with Crippen LogP contribution in [-0.2, 0) is 6.42 Å². The second-order valence-electron chi connectivity index (χ2n) is 3.97. The van der Waals surface area contributed by atoms with Gasteiger partial charge in [-0.1, -0.05) is 6.92 Å². The van der Waals surface area contributed by atoms with Crippen LogP contribution in [0.4, 0.5) is 5.82 Å². The molecule has 1 aromatic heterocycles. The topological polar surface area (TPSA) is 49.2 Å². The molecule has 1 aromatic rings. The molecular weight excluding hydrogens is 270 g/mol. The molecule has 1 fully saturated rings. The van der Waals surface area contributed by atoms with Crippen LogP contribution in [0.25, 0.3) is 0 Å². The lowest BCUT2D eigenvalue weighted by Gasteiger charge is -2.22. The van der Waals surface area contributed by atoms with Crippen LogP contribution in [0.2, 0.25) is 0 Å². The molecule has 0 saturated heterocycles. The molecule has 0 radical (unpaired) electrons. The van der Waals surface area contributed by atoms with Gasteiger partial charge in [0.1, 0.15) is 16.2 Å². The Morgan fingerprint density at radius 1 is 1.50 bits per heavy atom. The average molecular weight is 286 g/mol. The Bertz CT molecular complexity index is 368. The molecule has 0 amide bonds. The Labute approximate surface area is 104 Å². The molecule has 88 valence electrons. The van der Waals surface area contributed by atoms with Crippen molar-refractivity contribution < 1.29 is 5.11 Å². The first-order valence-electron chi connectivity index (χ1n) is 5.65. The number of aliphatic hydroxyl groups is 1. The van der Waals surface area contributed by atoms with Gasteiger partial charge < -0.3 is 10.0 Å². The smallest absolute Gasteiger partial charge is 0.133 e. The fourth-order valence-corrected chi connectivity index (χ4v) is 2.14. The summed E-state index contributed by atoms with van der Waals surface area (Å²) in [6.45, 7) is 2.86. The molecule has 0 spiro atoms. The number of halogens is 1. The minimum Gasteiger partial charge on any atom is -0.395 e. The van der Waals surface area contributed by atoms with Gasteiger partial charge in [0.15, 0.2) is 0 Å². The Balaban J connectivity index is 2.25. The number of hydrogen-bond donors (Lipinski definition) is 1. The molecule has 0 bridgehead atoms. The van der Waals surface area contributed by atoms with Gasteiger partial charge in [0.25, 0.3) is 0 Å².